The molecule has 0 fully saturated rings. The van der Waals surface area contributed by atoms with Crippen LogP contribution in [0.25, 0.3) is 22.6 Å². The Morgan fingerprint density at radius 1 is 1.00 bits per heavy atom. The number of hydrogen-bond acceptors (Lipinski definition) is 5. The number of aryl methyl sites for hydroxylation is 1. The van der Waals surface area contributed by atoms with E-state index in [4.69, 9.17) is 4.42 Å². The maximum absolute atomic E-state index is 12.6. The van der Waals surface area contributed by atoms with Crippen molar-refractivity contribution in [2.24, 2.45) is 0 Å². The molecule has 0 saturated heterocycles. The molecule has 4 rings (SSSR count). The van der Waals surface area contributed by atoms with Gasteiger partial charge in [0.15, 0.2) is 5.58 Å². The van der Waals surface area contributed by atoms with Gasteiger partial charge in [0.25, 0.3) is 0 Å². The molecule has 0 spiro atoms. The number of carbonyl (C=O) groups excluding carboxylic acids is 1. The van der Waals surface area contributed by atoms with Crippen LogP contribution in [-0.4, -0.2) is 37.2 Å². The van der Waals surface area contributed by atoms with E-state index in [2.05, 4.69) is 10.3 Å². The second kappa shape index (κ2) is 8.33. The number of anilines is 1. The average molecular weight is 436 g/mol. The molecule has 4 aromatic rings. The summed E-state index contributed by atoms with van der Waals surface area (Å²) in [5.74, 6) is 0.0517. The van der Waals surface area contributed by atoms with E-state index in [1.807, 2.05) is 31.2 Å². The molecule has 0 radical (unpaired) electrons. The summed E-state index contributed by atoms with van der Waals surface area (Å²) in [5, 5.41) is 2.71. The Labute approximate surface area is 180 Å². The molecule has 31 heavy (non-hydrogen) atoms. The number of hydrogen-bond donors (Lipinski definition) is 1. The number of benzene rings is 3. The zero-order chi connectivity index (χ0) is 22.0. The molecular formula is C23H21N3O4S. The molecule has 1 heterocycles. The number of para-hydroxylation sites is 2. The second-order valence-corrected chi connectivity index (χ2v) is 9.23. The minimum absolute atomic E-state index is 0.149. The molecule has 3 aromatic carbocycles. The van der Waals surface area contributed by atoms with Gasteiger partial charge in [0, 0.05) is 18.3 Å². The summed E-state index contributed by atoms with van der Waals surface area (Å²) in [6, 6.07) is 21.0. The molecule has 0 aliphatic rings. The Balaban J connectivity index is 1.42. The highest BCUT2D eigenvalue weighted by Gasteiger charge is 2.22. The monoisotopic (exact) mass is 435 g/mol. The van der Waals surface area contributed by atoms with Gasteiger partial charge in [0.1, 0.15) is 5.52 Å². The van der Waals surface area contributed by atoms with Crippen molar-refractivity contribution in [3.8, 4) is 11.5 Å². The topological polar surface area (TPSA) is 92.5 Å². The third-order valence-corrected chi connectivity index (χ3v) is 6.62. The highest BCUT2D eigenvalue weighted by Crippen LogP contribution is 2.25. The molecule has 1 amide bonds. The predicted octanol–water partition coefficient (Wildman–Crippen LogP) is 4.06. The molecule has 0 atom stereocenters. The fourth-order valence-corrected chi connectivity index (χ4v) is 4.20. The van der Waals surface area contributed by atoms with Gasteiger partial charge < -0.3 is 9.73 Å². The average Bonchev–Trinajstić information content (AvgIpc) is 3.18. The second-order valence-electron chi connectivity index (χ2n) is 7.19. The minimum Gasteiger partial charge on any atom is -0.436 e. The molecule has 0 aliphatic carbocycles. The van der Waals surface area contributed by atoms with Crippen LogP contribution >= 0.6 is 0 Å². The van der Waals surface area contributed by atoms with Gasteiger partial charge in [0.2, 0.25) is 21.8 Å². The zero-order valence-corrected chi connectivity index (χ0v) is 17.9. The Morgan fingerprint density at radius 3 is 2.35 bits per heavy atom. The normalized spacial score (nSPS) is 11.7. The van der Waals surface area contributed by atoms with E-state index < -0.39 is 15.9 Å². The van der Waals surface area contributed by atoms with Crippen LogP contribution in [-0.2, 0) is 14.8 Å². The smallest absolute Gasteiger partial charge is 0.243 e. The number of nitrogens with zero attached hydrogens (tertiary/aromatic N) is 2. The first-order valence-corrected chi connectivity index (χ1v) is 11.1. The number of amides is 1. The largest absolute Gasteiger partial charge is 0.436 e. The Kier molecular flexibility index (Phi) is 5.58. The van der Waals surface area contributed by atoms with Gasteiger partial charge in [-0.05, 0) is 55.5 Å². The van der Waals surface area contributed by atoms with Crippen LogP contribution in [0.1, 0.15) is 5.56 Å². The number of sulfonamides is 1. The van der Waals surface area contributed by atoms with Gasteiger partial charge in [0.05, 0.1) is 11.4 Å². The molecule has 158 valence electrons. The zero-order valence-electron chi connectivity index (χ0n) is 17.1. The summed E-state index contributed by atoms with van der Waals surface area (Å²) in [6.07, 6.45) is 0. The highest BCUT2D eigenvalue weighted by molar-refractivity contribution is 7.89. The van der Waals surface area contributed by atoms with Crippen LogP contribution in [0.15, 0.2) is 82.1 Å². The van der Waals surface area contributed by atoms with Crippen molar-refractivity contribution in [1.82, 2.24) is 9.29 Å². The van der Waals surface area contributed by atoms with Crippen molar-refractivity contribution >= 4 is 32.7 Å². The van der Waals surface area contributed by atoms with E-state index in [1.54, 1.807) is 36.4 Å². The summed E-state index contributed by atoms with van der Waals surface area (Å²) in [6.45, 7) is 1.58. The van der Waals surface area contributed by atoms with Crippen LogP contribution in [0.3, 0.4) is 0 Å². The molecule has 1 N–H and O–H groups in total. The molecule has 0 unspecified atom stereocenters. The number of rotatable bonds is 6. The number of oxazole rings is 1. The van der Waals surface area contributed by atoms with E-state index in [-0.39, 0.29) is 11.4 Å². The maximum atomic E-state index is 12.6. The third-order valence-electron chi connectivity index (χ3n) is 4.80. The van der Waals surface area contributed by atoms with Gasteiger partial charge in [-0.25, -0.2) is 13.4 Å². The predicted molar refractivity (Wildman–Crippen MR) is 119 cm³/mol. The number of fused-ring (bicyclic) bond motifs is 1. The Morgan fingerprint density at radius 2 is 1.68 bits per heavy atom. The molecule has 0 saturated carbocycles. The maximum Gasteiger partial charge on any atom is 0.243 e. The Hall–Kier alpha value is -3.49. The van der Waals surface area contributed by atoms with Crippen LogP contribution in [0.5, 0.6) is 0 Å². The Bertz CT molecular complexity index is 1290. The van der Waals surface area contributed by atoms with E-state index in [0.717, 1.165) is 20.9 Å². The molecule has 0 aliphatic heterocycles. The van der Waals surface area contributed by atoms with E-state index in [0.29, 0.717) is 17.2 Å². The molecule has 8 heteroatoms. The van der Waals surface area contributed by atoms with Crippen molar-refractivity contribution in [1.29, 1.82) is 0 Å². The lowest BCUT2D eigenvalue weighted by atomic mass is 10.2. The number of carbonyl (C=O) groups is 1. The lowest BCUT2D eigenvalue weighted by Crippen LogP contribution is -2.34. The first-order chi connectivity index (χ1) is 14.8. The summed E-state index contributed by atoms with van der Waals surface area (Å²) in [5.41, 5.74) is 3.75. The van der Waals surface area contributed by atoms with Crippen molar-refractivity contribution in [2.75, 3.05) is 18.9 Å². The van der Waals surface area contributed by atoms with E-state index in [9.17, 15) is 13.2 Å². The van der Waals surface area contributed by atoms with E-state index in [1.165, 1.54) is 19.2 Å². The van der Waals surface area contributed by atoms with Gasteiger partial charge in [-0.15, -0.1) is 0 Å². The van der Waals surface area contributed by atoms with Gasteiger partial charge >= 0.3 is 0 Å². The van der Waals surface area contributed by atoms with Crippen LogP contribution in [0.2, 0.25) is 0 Å². The fraction of sp³-hybridized carbons (Fsp3) is 0.130. The molecule has 7 nitrogen and oxygen atoms in total. The molecule has 0 bridgehead atoms. The highest BCUT2D eigenvalue weighted by atomic mass is 32.2. The van der Waals surface area contributed by atoms with Gasteiger partial charge in [-0.1, -0.05) is 29.8 Å². The lowest BCUT2D eigenvalue weighted by Gasteiger charge is -2.17. The van der Waals surface area contributed by atoms with Crippen molar-refractivity contribution in [3.63, 3.8) is 0 Å². The van der Waals surface area contributed by atoms with Crippen molar-refractivity contribution in [3.05, 3.63) is 78.4 Å². The van der Waals surface area contributed by atoms with Crippen LogP contribution in [0, 0.1) is 6.92 Å². The van der Waals surface area contributed by atoms with Gasteiger partial charge in [-0.3, -0.25) is 4.79 Å². The molecule has 1 aromatic heterocycles. The third kappa shape index (κ3) is 4.50. The van der Waals surface area contributed by atoms with Crippen LogP contribution < -0.4 is 5.32 Å². The number of likely N-dealkylation sites (N-methyl/N-ethyl adjacent to an activating group) is 1. The summed E-state index contributed by atoms with van der Waals surface area (Å²) >= 11 is 0. The first kappa shape index (κ1) is 20.8. The van der Waals surface area contributed by atoms with Crippen molar-refractivity contribution < 1.29 is 17.6 Å². The van der Waals surface area contributed by atoms with Crippen molar-refractivity contribution in [2.45, 2.75) is 11.8 Å². The minimum atomic E-state index is -3.75. The SMILES string of the molecule is Cc1ccc(S(=O)(=O)N(C)CC(=O)Nc2ccc(-c3nc4ccccc4o3)cc2)cc1. The molecular weight excluding hydrogens is 414 g/mol. The number of nitrogens with one attached hydrogen (secondary N) is 1. The first-order valence-electron chi connectivity index (χ1n) is 9.62. The van der Waals surface area contributed by atoms with Gasteiger partial charge in [-0.2, -0.15) is 4.31 Å². The lowest BCUT2D eigenvalue weighted by molar-refractivity contribution is -0.116. The summed E-state index contributed by atoms with van der Waals surface area (Å²) in [4.78, 5) is 17.0. The fourth-order valence-electron chi connectivity index (χ4n) is 3.07. The quantitative estimate of drug-likeness (QED) is 0.493. The summed E-state index contributed by atoms with van der Waals surface area (Å²) in [7, 11) is -2.37. The number of aromatic nitrogens is 1. The standard InChI is InChI=1S/C23H21N3O4S/c1-16-7-13-19(14-8-16)31(28,29)26(2)15-22(27)24-18-11-9-17(10-12-18)23-25-20-5-3-4-6-21(20)30-23/h3-14H,15H2,1-2H3,(H,24,27). The van der Waals surface area contributed by atoms with Crippen LogP contribution in [0.4, 0.5) is 5.69 Å². The summed E-state index contributed by atoms with van der Waals surface area (Å²) < 4.78 is 32.0. The van der Waals surface area contributed by atoms with E-state index >= 15 is 0 Å².